The van der Waals surface area contributed by atoms with Gasteiger partial charge in [-0.05, 0) is 44.2 Å². The maximum Gasteiger partial charge on any atom is 0.417 e. The first-order chi connectivity index (χ1) is 14.2. The Morgan fingerprint density at radius 2 is 1.80 bits per heavy atom. The molecule has 0 aliphatic rings. The van der Waals surface area contributed by atoms with Crippen molar-refractivity contribution in [3.05, 3.63) is 70.2 Å². The van der Waals surface area contributed by atoms with Crippen LogP contribution in [0, 0.1) is 19.7 Å². The van der Waals surface area contributed by atoms with Gasteiger partial charge in [-0.15, -0.1) is 0 Å². The number of nitrogens with zero attached hydrogens (tertiary/aromatic N) is 2. The standard InChI is InChI=1S/C19H15FN4O5S/c1-10-17(11(2)22-18(21-10)28-15-6-4-3-5-13(15)20)24-30(26,27)12-7-8-16-14(9-12)23-19(25)29-16/h3-9,24H,1-2H3,(H,23,25). The molecule has 0 radical (unpaired) electrons. The number of rotatable bonds is 5. The van der Waals surface area contributed by atoms with Gasteiger partial charge >= 0.3 is 11.8 Å². The molecule has 4 rings (SSSR count). The number of nitrogens with one attached hydrogen (secondary N) is 2. The lowest BCUT2D eigenvalue weighted by atomic mass is 10.3. The van der Waals surface area contributed by atoms with E-state index in [0.29, 0.717) is 0 Å². The zero-order valence-corrected chi connectivity index (χ0v) is 16.6. The molecule has 0 spiro atoms. The minimum Gasteiger partial charge on any atom is -0.421 e. The van der Waals surface area contributed by atoms with Gasteiger partial charge < -0.3 is 9.15 Å². The van der Waals surface area contributed by atoms with E-state index in [1.807, 2.05) is 0 Å². The van der Waals surface area contributed by atoms with Gasteiger partial charge in [-0.3, -0.25) is 9.71 Å². The Hall–Kier alpha value is -3.73. The van der Waals surface area contributed by atoms with Gasteiger partial charge in [0.25, 0.3) is 10.0 Å². The molecule has 2 aromatic heterocycles. The van der Waals surface area contributed by atoms with Crippen LogP contribution in [0.2, 0.25) is 0 Å². The molecule has 0 saturated heterocycles. The third-order valence-electron chi connectivity index (χ3n) is 4.23. The lowest BCUT2D eigenvalue weighted by Gasteiger charge is -2.14. The Morgan fingerprint density at radius 1 is 1.10 bits per heavy atom. The molecule has 154 valence electrons. The Balaban J connectivity index is 1.64. The normalized spacial score (nSPS) is 11.6. The van der Waals surface area contributed by atoms with E-state index in [0.717, 1.165) is 0 Å². The van der Waals surface area contributed by atoms with Gasteiger partial charge in [0.15, 0.2) is 17.1 Å². The Bertz CT molecular complexity index is 1410. The van der Waals surface area contributed by atoms with Crippen molar-refractivity contribution in [2.45, 2.75) is 18.7 Å². The second kappa shape index (κ2) is 7.26. The highest BCUT2D eigenvalue weighted by Gasteiger charge is 2.20. The third kappa shape index (κ3) is 3.74. The molecule has 30 heavy (non-hydrogen) atoms. The van der Waals surface area contributed by atoms with Crippen LogP contribution in [0.15, 0.2) is 56.6 Å². The number of H-pyrrole nitrogens is 1. The number of aryl methyl sites for hydroxylation is 2. The van der Waals surface area contributed by atoms with Crippen molar-refractivity contribution in [2.75, 3.05) is 4.72 Å². The number of halogens is 1. The molecule has 4 aromatic rings. The summed E-state index contributed by atoms with van der Waals surface area (Å²) in [5, 5.41) is 0. The van der Waals surface area contributed by atoms with Gasteiger partial charge in [0, 0.05) is 0 Å². The predicted molar refractivity (Wildman–Crippen MR) is 106 cm³/mol. The lowest BCUT2D eigenvalue weighted by molar-refractivity contribution is 0.409. The molecule has 2 heterocycles. The van der Waals surface area contributed by atoms with Crippen molar-refractivity contribution in [1.29, 1.82) is 0 Å². The van der Waals surface area contributed by atoms with E-state index in [1.54, 1.807) is 19.9 Å². The first-order valence-electron chi connectivity index (χ1n) is 8.66. The highest BCUT2D eigenvalue weighted by atomic mass is 32.2. The van der Waals surface area contributed by atoms with Crippen LogP contribution in [0.4, 0.5) is 10.1 Å². The summed E-state index contributed by atoms with van der Waals surface area (Å²) in [6, 6.07) is 9.64. The maximum atomic E-state index is 13.8. The average Bonchev–Trinajstić information content (AvgIpc) is 3.06. The Labute approximate surface area is 169 Å². The van der Waals surface area contributed by atoms with Crippen LogP contribution in [0.5, 0.6) is 11.8 Å². The molecule has 11 heteroatoms. The number of ether oxygens (including phenoxy) is 1. The lowest BCUT2D eigenvalue weighted by Crippen LogP contribution is -2.16. The Morgan fingerprint density at radius 3 is 2.50 bits per heavy atom. The van der Waals surface area contributed by atoms with Crippen molar-refractivity contribution < 1.29 is 22.0 Å². The molecule has 0 bridgehead atoms. The summed E-state index contributed by atoms with van der Waals surface area (Å²) in [5.74, 6) is -1.31. The molecule has 0 atom stereocenters. The minimum atomic E-state index is -4.01. The number of fused-ring (bicyclic) bond motifs is 1. The quantitative estimate of drug-likeness (QED) is 0.497. The van der Waals surface area contributed by atoms with E-state index in [-0.39, 0.29) is 44.8 Å². The summed E-state index contributed by atoms with van der Waals surface area (Å²) in [7, 11) is -4.01. The van der Waals surface area contributed by atoms with Crippen LogP contribution >= 0.6 is 0 Å². The molecular formula is C19H15FN4O5S. The molecule has 0 fully saturated rings. The molecule has 0 aliphatic heterocycles. The molecule has 2 aromatic carbocycles. The van der Waals surface area contributed by atoms with Crippen molar-refractivity contribution in [3.8, 4) is 11.8 Å². The second-order valence-electron chi connectivity index (χ2n) is 6.36. The Kier molecular flexibility index (Phi) is 4.74. The van der Waals surface area contributed by atoms with E-state index >= 15 is 0 Å². The zero-order valence-electron chi connectivity index (χ0n) is 15.8. The SMILES string of the molecule is Cc1nc(Oc2ccccc2F)nc(C)c1NS(=O)(=O)c1ccc2oc(=O)[nH]c2c1. The number of sulfonamides is 1. The van der Waals surface area contributed by atoms with Gasteiger partial charge in [-0.1, -0.05) is 12.1 Å². The fourth-order valence-corrected chi connectivity index (χ4v) is 4.00. The minimum absolute atomic E-state index is 0.0490. The summed E-state index contributed by atoms with van der Waals surface area (Å²) in [5.41, 5.74) is 1.23. The monoisotopic (exact) mass is 430 g/mol. The van der Waals surface area contributed by atoms with Gasteiger partial charge in [0.05, 0.1) is 27.5 Å². The second-order valence-corrected chi connectivity index (χ2v) is 8.04. The van der Waals surface area contributed by atoms with Crippen molar-refractivity contribution in [3.63, 3.8) is 0 Å². The highest BCUT2D eigenvalue weighted by molar-refractivity contribution is 7.92. The van der Waals surface area contributed by atoms with Gasteiger partial charge in [-0.2, -0.15) is 9.97 Å². The average molecular weight is 430 g/mol. The molecular weight excluding hydrogens is 415 g/mol. The summed E-state index contributed by atoms with van der Waals surface area (Å²) >= 11 is 0. The number of hydrogen-bond donors (Lipinski definition) is 2. The van der Waals surface area contributed by atoms with Crippen molar-refractivity contribution in [1.82, 2.24) is 15.0 Å². The fourth-order valence-electron chi connectivity index (χ4n) is 2.80. The molecule has 0 aliphatic carbocycles. The van der Waals surface area contributed by atoms with Crippen LogP contribution in [0.1, 0.15) is 11.4 Å². The number of hydrogen-bond acceptors (Lipinski definition) is 7. The van der Waals surface area contributed by atoms with E-state index in [9.17, 15) is 17.6 Å². The summed E-state index contributed by atoms with van der Waals surface area (Å²) in [4.78, 5) is 21.8. The topological polar surface area (TPSA) is 127 Å². The largest absolute Gasteiger partial charge is 0.421 e. The molecule has 0 unspecified atom stereocenters. The summed E-state index contributed by atoms with van der Waals surface area (Å²) in [6.45, 7) is 3.13. The smallest absolute Gasteiger partial charge is 0.417 e. The van der Waals surface area contributed by atoms with E-state index in [2.05, 4.69) is 19.7 Å². The number of oxazole rings is 1. The predicted octanol–water partition coefficient (Wildman–Crippen LogP) is 3.26. The number of anilines is 1. The summed E-state index contributed by atoms with van der Waals surface area (Å²) < 4.78 is 52.1. The van der Waals surface area contributed by atoms with Crippen molar-refractivity contribution in [2.24, 2.45) is 0 Å². The van der Waals surface area contributed by atoms with E-state index < -0.39 is 21.6 Å². The number of aromatic nitrogens is 3. The van der Waals surface area contributed by atoms with Crippen LogP contribution in [0.25, 0.3) is 11.1 Å². The van der Waals surface area contributed by atoms with E-state index in [4.69, 9.17) is 9.15 Å². The zero-order chi connectivity index (χ0) is 21.5. The van der Waals surface area contributed by atoms with Crippen LogP contribution in [0.3, 0.4) is 0 Å². The van der Waals surface area contributed by atoms with Gasteiger partial charge in [-0.25, -0.2) is 17.6 Å². The highest BCUT2D eigenvalue weighted by Crippen LogP contribution is 2.27. The van der Waals surface area contributed by atoms with Crippen LogP contribution < -0.4 is 15.2 Å². The summed E-state index contributed by atoms with van der Waals surface area (Å²) in [6.07, 6.45) is 0. The number of benzene rings is 2. The molecule has 0 amide bonds. The molecule has 9 nitrogen and oxygen atoms in total. The maximum absolute atomic E-state index is 13.8. The number of aromatic amines is 1. The molecule has 0 saturated carbocycles. The number of para-hydroxylation sites is 1. The van der Waals surface area contributed by atoms with Gasteiger partial charge in [0.1, 0.15) is 0 Å². The van der Waals surface area contributed by atoms with Crippen LogP contribution in [-0.4, -0.2) is 23.4 Å². The van der Waals surface area contributed by atoms with Gasteiger partial charge in [0.2, 0.25) is 0 Å². The third-order valence-corrected chi connectivity index (χ3v) is 5.57. The fraction of sp³-hybridized carbons (Fsp3) is 0.105. The van der Waals surface area contributed by atoms with Crippen LogP contribution in [-0.2, 0) is 10.0 Å². The molecule has 2 N–H and O–H groups in total. The van der Waals surface area contributed by atoms with E-state index in [1.165, 1.54) is 36.4 Å². The first kappa shape index (κ1) is 19.6. The van der Waals surface area contributed by atoms with Crippen molar-refractivity contribution >= 4 is 26.8 Å². The first-order valence-corrected chi connectivity index (χ1v) is 10.1.